The standard InChI is InChI=1S/C24H31N3O3/c1-3-8-16-10-7-11-18(19-14-17(9-4-2)21(28)15-22(19)29)23(16)27-24(30)20(26)12-5-6-13-25/h3-4,7,10-11,14-15,20,28-29H,1-2,5-6,8-9,12-13,25-26H2,(H,27,30). The summed E-state index contributed by atoms with van der Waals surface area (Å²) in [6.07, 6.45) is 6.52. The molecule has 0 aliphatic rings. The van der Waals surface area contributed by atoms with Crippen molar-refractivity contribution in [3.63, 3.8) is 0 Å². The number of phenols is 2. The highest BCUT2D eigenvalue weighted by molar-refractivity contribution is 6.00. The third kappa shape index (κ3) is 5.72. The van der Waals surface area contributed by atoms with Crippen molar-refractivity contribution < 1.29 is 15.0 Å². The first-order chi connectivity index (χ1) is 14.4. The van der Waals surface area contributed by atoms with E-state index in [0.717, 1.165) is 18.4 Å². The van der Waals surface area contributed by atoms with Gasteiger partial charge in [0, 0.05) is 17.2 Å². The predicted molar refractivity (Wildman–Crippen MR) is 123 cm³/mol. The summed E-state index contributed by atoms with van der Waals surface area (Å²) >= 11 is 0. The van der Waals surface area contributed by atoms with Gasteiger partial charge in [-0.3, -0.25) is 4.79 Å². The minimum atomic E-state index is -0.661. The van der Waals surface area contributed by atoms with Crippen molar-refractivity contribution >= 4 is 11.6 Å². The average molecular weight is 410 g/mol. The van der Waals surface area contributed by atoms with Crippen molar-refractivity contribution in [2.45, 2.75) is 38.1 Å². The minimum Gasteiger partial charge on any atom is -0.508 e. The normalized spacial score (nSPS) is 11.7. The monoisotopic (exact) mass is 409 g/mol. The lowest BCUT2D eigenvalue weighted by molar-refractivity contribution is -0.117. The van der Waals surface area contributed by atoms with Gasteiger partial charge in [-0.15, -0.1) is 13.2 Å². The summed E-state index contributed by atoms with van der Waals surface area (Å²) in [5.41, 5.74) is 14.8. The predicted octanol–water partition coefficient (Wildman–Crippen LogP) is 3.62. The van der Waals surface area contributed by atoms with Crippen molar-refractivity contribution in [2.75, 3.05) is 11.9 Å². The topological polar surface area (TPSA) is 122 Å². The molecule has 30 heavy (non-hydrogen) atoms. The van der Waals surface area contributed by atoms with Gasteiger partial charge in [-0.05, 0) is 49.4 Å². The van der Waals surface area contributed by atoms with Gasteiger partial charge in [0.25, 0.3) is 0 Å². The maximum atomic E-state index is 12.7. The summed E-state index contributed by atoms with van der Waals surface area (Å²) in [5, 5.41) is 23.6. The van der Waals surface area contributed by atoms with Gasteiger partial charge in [0.05, 0.1) is 11.7 Å². The molecule has 1 unspecified atom stereocenters. The zero-order chi connectivity index (χ0) is 22.1. The van der Waals surface area contributed by atoms with Gasteiger partial charge < -0.3 is 27.0 Å². The van der Waals surface area contributed by atoms with Crippen LogP contribution in [-0.4, -0.2) is 28.7 Å². The van der Waals surface area contributed by atoms with E-state index in [1.807, 2.05) is 18.2 Å². The Kier molecular flexibility index (Phi) is 8.65. The summed E-state index contributed by atoms with van der Waals surface area (Å²) in [6.45, 7) is 8.06. The SMILES string of the molecule is C=CCc1cc(-c2cccc(CC=C)c2NC(=O)C(N)CCCCN)c(O)cc1O. The Morgan fingerprint density at radius 1 is 1.03 bits per heavy atom. The average Bonchev–Trinajstić information content (AvgIpc) is 2.71. The Hall–Kier alpha value is -3.09. The first-order valence-electron chi connectivity index (χ1n) is 10.1. The van der Waals surface area contributed by atoms with Gasteiger partial charge in [-0.25, -0.2) is 0 Å². The highest BCUT2D eigenvalue weighted by atomic mass is 16.3. The van der Waals surface area contributed by atoms with Crippen molar-refractivity contribution in [2.24, 2.45) is 11.5 Å². The third-order valence-electron chi connectivity index (χ3n) is 4.92. The zero-order valence-electron chi connectivity index (χ0n) is 17.2. The van der Waals surface area contributed by atoms with Crippen molar-refractivity contribution in [3.8, 4) is 22.6 Å². The number of anilines is 1. The van der Waals surface area contributed by atoms with Crippen LogP contribution in [0.5, 0.6) is 11.5 Å². The highest BCUT2D eigenvalue weighted by Crippen LogP contribution is 2.40. The smallest absolute Gasteiger partial charge is 0.241 e. The molecule has 7 N–H and O–H groups in total. The quantitative estimate of drug-likeness (QED) is 0.287. The van der Waals surface area contributed by atoms with Crippen LogP contribution in [-0.2, 0) is 17.6 Å². The molecule has 0 spiro atoms. The molecule has 0 radical (unpaired) electrons. The van der Waals surface area contributed by atoms with Crippen LogP contribution < -0.4 is 16.8 Å². The summed E-state index contributed by atoms with van der Waals surface area (Å²) in [6, 6.07) is 7.90. The Balaban J connectivity index is 2.48. The number of unbranched alkanes of at least 4 members (excludes halogenated alkanes) is 1. The minimum absolute atomic E-state index is 0.00842. The Bertz CT molecular complexity index is 909. The number of nitrogens with one attached hydrogen (secondary N) is 1. The molecule has 0 bridgehead atoms. The summed E-state index contributed by atoms with van der Waals surface area (Å²) < 4.78 is 0. The van der Waals surface area contributed by atoms with E-state index in [1.165, 1.54) is 6.07 Å². The largest absolute Gasteiger partial charge is 0.508 e. The maximum absolute atomic E-state index is 12.7. The van der Waals surface area contributed by atoms with E-state index in [1.54, 1.807) is 18.2 Å². The second-order valence-corrected chi connectivity index (χ2v) is 7.20. The summed E-state index contributed by atoms with van der Waals surface area (Å²) in [4.78, 5) is 12.7. The van der Waals surface area contributed by atoms with E-state index in [2.05, 4.69) is 18.5 Å². The van der Waals surface area contributed by atoms with E-state index >= 15 is 0 Å². The third-order valence-corrected chi connectivity index (χ3v) is 4.92. The van der Waals surface area contributed by atoms with Crippen LogP contribution >= 0.6 is 0 Å². The summed E-state index contributed by atoms with van der Waals surface area (Å²) in [7, 11) is 0. The fraction of sp³-hybridized carbons (Fsp3) is 0.292. The van der Waals surface area contributed by atoms with Crippen LogP contribution in [0, 0.1) is 0 Å². The molecule has 2 aromatic carbocycles. The van der Waals surface area contributed by atoms with E-state index in [0.29, 0.717) is 48.2 Å². The Morgan fingerprint density at radius 2 is 1.73 bits per heavy atom. The van der Waals surface area contributed by atoms with Crippen LogP contribution in [0.1, 0.15) is 30.4 Å². The number of carbonyl (C=O) groups excluding carboxylic acids is 1. The van der Waals surface area contributed by atoms with E-state index < -0.39 is 6.04 Å². The van der Waals surface area contributed by atoms with Crippen LogP contribution in [0.3, 0.4) is 0 Å². The molecule has 0 aromatic heterocycles. The second kappa shape index (κ2) is 11.2. The fourth-order valence-electron chi connectivity index (χ4n) is 3.31. The van der Waals surface area contributed by atoms with Gasteiger partial charge in [-0.2, -0.15) is 0 Å². The van der Waals surface area contributed by atoms with E-state index in [4.69, 9.17) is 11.5 Å². The highest BCUT2D eigenvalue weighted by Gasteiger charge is 2.20. The number of aromatic hydroxyl groups is 2. The van der Waals surface area contributed by atoms with E-state index in [-0.39, 0.29) is 17.4 Å². The molecule has 0 saturated carbocycles. The Morgan fingerprint density at radius 3 is 2.40 bits per heavy atom. The molecule has 6 heteroatoms. The number of rotatable bonds is 11. The molecule has 2 rings (SSSR count). The molecular formula is C24H31N3O3. The number of nitrogens with two attached hydrogens (primary N) is 2. The van der Waals surface area contributed by atoms with Crippen molar-refractivity contribution in [1.29, 1.82) is 0 Å². The lowest BCUT2D eigenvalue weighted by atomic mass is 9.95. The van der Waals surface area contributed by atoms with Crippen molar-refractivity contribution in [3.05, 3.63) is 66.8 Å². The molecule has 2 aromatic rings. The molecule has 6 nitrogen and oxygen atoms in total. The number of para-hydroxylation sites is 1. The lowest BCUT2D eigenvalue weighted by Gasteiger charge is -2.19. The number of carbonyl (C=O) groups is 1. The van der Waals surface area contributed by atoms with Crippen LogP contribution in [0.15, 0.2) is 55.6 Å². The maximum Gasteiger partial charge on any atom is 0.241 e. The number of phenolic OH excluding ortho intramolecular Hbond substituents is 2. The molecule has 1 atom stereocenters. The first-order valence-corrected chi connectivity index (χ1v) is 10.1. The molecule has 0 heterocycles. The number of hydrogen-bond donors (Lipinski definition) is 5. The molecular weight excluding hydrogens is 378 g/mol. The molecule has 0 fully saturated rings. The molecule has 0 aliphatic carbocycles. The molecule has 0 aliphatic heterocycles. The van der Waals surface area contributed by atoms with Gasteiger partial charge in [-0.1, -0.05) is 36.8 Å². The second-order valence-electron chi connectivity index (χ2n) is 7.20. The van der Waals surface area contributed by atoms with Gasteiger partial charge in [0.1, 0.15) is 11.5 Å². The number of amides is 1. The molecule has 1 amide bonds. The van der Waals surface area contributed by atoms with Gasteiger partial charge >= 0.3 is 0 Å². The lowest BCUT2D eigenvalue weighted by Crippen LogP contribution is -2.36. The van der Waals surface area contributed by atoms with Gasteiger partial charge in [0.15, 0.2) is 0 Å². The molecule has 0 saturated heterocycles. The number of benzene rings is 2. The Labute approximate surface area is 177 Å². The molecule has 160 valence electrons. The van der Waals surface area contributed by atoms with Crippen LogP contribution in [0.4, 0.5) is 5.69 Å². The van der Waals surface area contributed by atoms with Crippen LogP contribution in [0.2, 0.25) is 0 Å². The van der Waals surface area contributed by atoms with Crippen molar-refractivity contribution in [1.82, 2.24) is 0 Å². The van der Waals surface area contributed by atoms with E-state index in [9.17, 15) is 15.0 Å². The fourth-order valence-corrected chi connectivity index (χ4v) is 3.31. The zero-order valence-corrected chi connectivity index (χ0v) is 17.2. The number of hydrogen-bond acceptors (Lipinski definition) is 5. The summed E-state index contributed by atoms with van der Waals surface area (Å²) in [5.74, 6) is -0.390. The number of allylic oxidation sites excluding steroid dienone is 2. The van der Waals surface area contributed by atoms with Gasteiger partial charge in [0.2, 0.25) is 5.91 Å². The first kappa shape index (κ1) is 23.2. The van der Waals surface area contributed by atoms with Crippen LogP contribution in [0.25, 0.3) is 11.1 Å².